The fourth-order valence-electron chi connectivity index (χ4n) is 3.83. The van der Waals surface area contributed by atoms with E-state index in [-0.39, 0.29) is 24.3 Å². The monoisotopic (exact) mass is 460 g/mol. The Kier molecular flexibility index (Phi) is 6.17. The molecule has 3 aromatic rings. The zero-order valence-electron chi connectivity index (χ0n) is 18.0. The molecule has 7 nitrogen and oxygen atoms in total. The van der Waals surface area contributed by atoms with Gasteiger partial charge in [0.1, 0.15) is 22.9 Å². The lowest BCUT2D eigenvalue weighted by atomic mass is 9.96. The topological polar surface area (TPSA) is 77.4 Å². The quantitative estimate of drug-likeness (QED) is 0.567. The van der Waals surface area contributed by atoms with E-state index in [9.17, 15) is 18.0 Å². The van der Waals surface area contributed by atoms with Crippen LogP contribution in [-0.4, -0.2) is 36.1 Å². The number of hydrogen-bond donors (Lipinski definition) is 2. The standard InChI is InChI=1S/C23H23F3N4O3/c1-32-16-8-6-14(7-9-16)12-27-22(31)18-13-28-30-20(23(24,25)26)11-19(29-21(18)30)15-4-3-5-17(10-15)33-2/h3-10,13,19-20,29H,11-12H2,1-2H3,(H,27,31)/t19-,20-/m0/s1. The number of halogens is 3. The third-order valence-corrected chi connectivity index (χ3v) is 5.59. The molecule has 4 rings (SSSR count). The Balaban J connectivity index is 1.59. The van der Waals surface area contributed by atoms with Crippen molar-refractivity contribution in [3.63, 3.8) is 0 Å². The van der Waals surface area contributed by atoms with Crippen LogP contribution in [0.5, 0.6) is 11.5 Å². The molecule has 10 heteroatoms. The van der Waals surface area contributed by atoms with Crippen LogP contribution in [0.2, 0.25) is 0 Å². The van der Waals surface area contributed by atoms with Crippen LogP contribution in [0.3, 0.4) is 0 Å². The molecule has 2 heterocycles. The lowest BCUT2D eigenvalue weighted by Crippen LogP contribution is -2.36. The number of alkyl halides is 3. The van der Waals surface area contributed by atoms with Crippen molar-refractivity contribution in [1.29, 1.82) is 0 Å². The number of hydrogen-bond acceptors (Lipinski definition) is 5. The molecule has 2 atom stereocenters. The molecule has 0 saturated heterocycles. The number of carbonyl (C=O) groups is 1. The predicted molar refractivity (Wildman–Crippen MR) is 115 cm³/mol. The van der Waals surface area contributed by atoms with Crippen LogP contribution in [0.4, 0.5) is 19.0 Å². The Labute approximate surface area is 188 Å². The molecule has 2 N–H and O–H groups in total. The van der Waals surface area contributed by atoms with Gasteiger partial charge < -0.3 is 20.1 Å². The number of ether oxygens (including phenoxy) is 2. The van der Waals surface area contributed by atoms with Crippen molar-refractivity contribution in [3.8, 4) is 11.5 Å². The number of rotatable bonds is 6. The Morgan fingerprint density at radius 1 is 1.15 bits per heavy atom. The van der Waals surface area contributed by atoms with Gasteiger partial charge in [0.2, 0.25) is 0 Å². The number of methoxy groups -OCH3 is 2. The molecule has 33 heavy (non-hydrogen) atoms. The van der Waals surface area contributed by atoms with Crippen LogP contribution in [0, 0.1) is 0 Å². The number of benzene rings is 2. The highest BCUT2D eigenvalue weighted by Gasteiger charge is 2.47. The Morgan fingerprint density at radius 2 is 1.88 bits per heavy atom. The fourth-order valence-corrected chi connectivity index (χ4v) is 3.83. The van der Waals surface area contributed by atoms with Gasteiger partial charge in [0.05, 0.1) is 26.5 Å². The second-order valence-electron chi connectivity index (χ2n) is 7.65. The average Bonchev–Trinajstić information content (AvgIpc) is 3.25. The van der Waals surface area contributed by atoms with Crippen LogP contribution < -0.4 is 20.1 Å². The molecule has 0 saturated carbocycles. The Hall–Kier alpha value is -3.69. The van der Waals surface area contributed by atoms with Crippen molar-refractivity contribution in [2.24, 2.45) is 0 Å². The van der Waals surface area contributed by atoms with E-state index in [1.165, 1.54) is 13.3 Å². The van der Waals surface area contributed by atoms with Crippen molar-refractivity contribution in [2.45, 2.75) is 31.2 Å². The zero-order valence-corrected chi connectivity index (χ0v) is 18.0. The predicted octanol–water partition coefficient (Wildman–Crippen LogP) is 4.49. The van der Waals surface area contributed by atoms with Crippen LogP contribution in [0.15, 0.2) is 54.7 Å². The smallest absolute Gasteiger partial charge is 0.410 e. The summed E-state index contributed by atoms with van der Waals surface area (Å²) in [6, 6.07) is 11.4. The van der Waals surface area contributed by atoms with Crippen LogP contribution >= 0.6 is 0 Å². The molecule has 2 aromatic carbocycles. The molecule has 1 amide bonds. The molecule has 0 radical (unpaired) electrons. The van der Waals surface area contributed by atoms with E-state index in [4.69, 9.17) is 9.47 Å². The maximum Gasteiger partial charge on any atom is 0.410 e. The summed E-state index contributed by atoms with van der Waals surface area (Å²) >= 11 is 0. The summed E-state index contributed by atoms with van der Waals surface area (Å²) in [7, 11) is 3.05. The molecular weight excluding hydrogens is 437 g/mol. The van der Waals surface area contributed by atoms with Crippen molar-refractivity contribution >= 4 is 11.7 Å². The maximum absolute atomic E-state index is 13.9. The Bertz CT molecular complexity index is 1130. The summed E-state index contributed by atoms with van der Waals surface area (Å²) in [5.74, 6) is 0.728. The average molecular weight is 460 g/mol. The van der Waals surface area contributed by atoms with Crippen molar-refractivity contribution in [1.82, 2.24) is 15.1 Å². The van der Waals surface area contributed by atoms with Gasteiger partial charge in [-0.2, -0.15) is 18.3 Å². The van der Waals surface area contributed by atoms with Gasteiger partial charge in [0.15, 0.2) is 6.04 Å². The first-order chi connectivity index (χ1) is 15.8. The number of aromatic nitrogens is 2. The molecular formula is C23H23F3N4O3. The van der Waals surface area contributed by atoms with Gasteiger partial charge >= 0.3 is 6.18 Å². The minimum absolute atomic E-state index is 0.0311. The lowest BCUT2D eigenvalue weighted by molar-refractivity contribution is -0.173. The summed E-state index contributed by atoms with van der Waals surface area (Å²) in [4.78, 5) is 12.8. The normalized spacial score (nSPS) is 17.6. The molecule has 0 aliphatic carbocycles. The van der Waals surface area contributed by atoms with Gasteiger partial charge in [-0.1, -0.05) is 24.3 Å². The summed E-state index contributed by atoms with van der Waals surface area (Å²) in [5, 5.41) is 9.72. The van der Waals surface area contributed by atoms with Gasteiger partial charge in [0.25, 0.3) is 5.91 Å². The van der Waals surface area contributed by atoms with Crippen molar-refractivity contribution in [3.05, 3.63) is 71.4 Å². The highest BCUT2D eigenvalue weighted by atomic mass is 19.4. The van der Waals surface area contributed by atoms with E-state index >= 15 is 0 Å². The van der Waals surface area contributed by atoms with Crippen LogP contribution in [0.25, 0.3) is 0 Å². The van der Waals surface area contributed by atoms with E-state index in [1.807, 2.05) is 0 Å². The minimum atomic E-state index is -4.53. The molecule has 0 unspecified atom stereocenters. The van der Waals surface area contributed by atoms with Crippen LogP contribution in [0.1, 0.15) is 40.0 Å². The number of amides is 1. The second-order valence-corrected chi connectivity index (χ2v) is 7.65. The molecule has 1 aliphatic heterocycles. The Morgan fingerprint density at radius 3 is 2.55 bits per heavy atom. The highest BCUT2D eigenvalue weighted by Crippen LogP contribution is 2.44. The van der Waals surface area contributed by atoms with Crippen LogP contribution in [-0.2, 0) is 6.54 Å². The molecule has 0 fully saturated rings. The van der Waals surface area contributed by atoms with E-state index in [0.717, 1.165) is 10.2 Å². The number of fused-ring (bicyclic) bond motifs is 1. The maximum atomic E-state index is 13.9. The molecule has 0 bridgehead atoms. The minimum Gasteiger partial charge on any atom is -0.497 e. The van der Waals surface area contributed by atoms with Gasteiger partial charge in [0, 0.05) is 13.0 Å². The second kappa shape index (κ2) is 9.05. The summed E-state index contributed by atoms with van der Waals surface area (Å²) in [6.45, 7) is 0.204. The van der Waals surface area contributed by atoms with Gasteiger partial charge in [-0.3, -0.25) is 4.79 Å². The van der Waals surface area contributed by atoms with E-state index < -0.39 is 24.2 Å². The number of nitrogens with one attached hydrogen (secondary N) is 2. The van der Waals surface area contributed by atoms with E-state index in [1.54, 1.807) is 55.6 Å². The van der Waals surface area contributed by atoms with E-state index in [2.05, 4.69) is 15.7 Å². The fraction of sp³-hybridized carbons (Fsp3) is 0.304. The first-order valence-corrected chi connectivity index (χ1v) is 10.3. The third-order valence-electron chi connectivity index (χ3n) is 5.59. The van der Waals surface area contributed by atoms with Crippen molar-refractivity contribution < 1.29 is 27.4 Å². The zero-order chi connectivity index (χ0) is 23.6. The molecule has 174 valence electrons. The number of anilines is 1. The van der Waals surface area contributed by atoms with Gasteiger partial charge in [-0.15, -0.1) is 0 Å². The first kappa shape index (κ1) is 22.5. The van der Waals surface area contributed by atoms with Gasteiger partial charge in [-0.05, 0) is 35.4 Å². The number of carbonyl (C=O) groups excluding carboxylic acids is 1. The summed E-state index contributed by atoms with van der Waals surface area (Å²) in [6.07, 6.45) is -3.63. The van der Waals surface area contributed by atoms with E-state index in [0.29, 0.717) is 17.1 Å². The van der Waals surface area contributed by atoms with Gasteiger partial charge in [-0.25, -0.2) is 4.68 Å². The number of nitrogens with zero attached hydrogens (tertiary/aromatic N) is 2. The first-order valence-electron chi connectivity index (χ1n) is 10.3. The summed E-state index contributed by atoms with van der Waals surface area (Å²) < 4.78 is 52.8. The summed E-state index contributed by atoms with van der Waals surface area (Å²) in [5.41, 5.74) is 1.49. The highest BCUT2D eigenvalue weighted by molar-refractivity contribution is 5.98. The molecule has 1 aromatic heterocycles. The largest absolute Gasteiger partial charge is 0.497 e. The lowest BCUT2D eigenvalue weighted by Gasteiger charge is -2.34. The van der Waals surface area contributed by atoms with Crippen molar-refractivity contribution in [2.75, 3.05) is 19.5 Å². The molecule has 0 spiro atoms. The molecule has 1 aliphatic rings. The third kappa shape index (κ3) is 4.74. The SMILES string of the molecule is COc1ccc(CNC(=O)c2cnn3c2N[C@H](c2cccc(OC)c2)C[C@H]3C(F)(F)F)cc1.